The van der Waals surface area contributed by atoms with Crippen molar-refractivity contribution in [2.75, 3.05) is 10.6 Å². The van der Waals surface area contributed by atoms with Crippen LogP contribution >= 0.6 is 0 Å². The zero-order valence-electron chi connectivity index (χ0n) is 13.7. The summed E-state index contributed by atoms with van der Waals surface area (Å²) in [7, 11) is 0. The molecule has 1 aromatic heterocycles. The molecule has 0 atom stereocenters. The molecular formula is C16H21FN4O2. The molecule has 7 heteroatoms. The zero-order valence-corrected chi connectivity index (χ0v) is 13.7. The highest BCUT2D eigenvalue weighted by Crippen LogP contribution is 2.24. The summed E-state index contributed by atoms with van der Waals surface area (Å²) in [5.41, 5.74) is 2.19. The van der Waals surface area contributed by atoms with Crippen LogP contribution in [0.25, 0.3) is 0 Å². The lowest BCUT2D eigenvalue weighted by molar-refractivity contribution is 0.0636. The van der Waals surface area contributed by atoms with Crippen molar-refractivity contribution in [3.63, 3.8) is 0 Å². The Bertz CT molecular complexity index is 692. The van der Waals surface area contributed by atoms with Gasteiger partial charge in [0.2, 0.25) is 0 Å². The fraction of sp³-hybridized carbons (Fsp3) is 0.375. The van der Waals surface area contributed by atoms with Crippen LogP contribution in [-0.4, -0.2) is 21.9 Å². The Balaban J connectivity index is 2.11. The van der Waals surface area contributed by atoms with E-state index in [4.69, 9.17) is 4.74 Å². The SMILES string of the molecule is Cc1[nH]ncc1CNc1cc(F)ccc1NC(=O)OC(C)(C)C. The molecule has 2 aromatic rings. The Labute approximate surface area is 134 Å². The van der Waals surface area contributed by atoms with Crippen molar-refractivity contribution in [1.29, 1.82) is 0 Å². The summed E-state index contributed by atoms with van der Waals surface area (Å²) in [6, 6.07) is 4.09. The number of anilines is 2. The number of H-pyrrole nitrogens is 1. The molecule has 0 aliphatic heterocycles. The van der Waals surface area contributed by atoms with Crippen molar-refractivity contribution in [2.45, 2.75) is 39.8 Å². The van der Waals surface area contributed by atoms with Crippen LogP contribution < -0.4 is 10.6 Å². The van der Waals surface area contributed by atoms with Gasteiger partial charge in [0, 0.05) is 17.8 Å². The lowest BCUT2D eigenvalue weighted by Crippen LogP contribution is -2.27. The Kier molecular flexibility index (Phi) is 4.88. The largest absolute Gasteiger partial charge is 0.444 e. The van der Waals surface area contributed by atoms with Crippen molar-refractivity contribution in [3.8, 4) is 0 Å². The molecule has 1 heterocycles. The summed E-state index contributed by atoms with van der Waals surface area (Å²) in [4.78, 5) is 11.9. The summed E-state index contributed by atoms with van der Waals surface area (Å²) in [6.07, 6.45) is 1.11. The van der Waals surface area contributed by atoms with Crippen LogP contribution in [0.1, 0.15) is 32.0 Å². The number of carbonyl (C=O) groups excluding carboxylic acids is 1. The number of rotatable bonds is 4. The van der Waals surface area contributed by atoms with E-state index < -0.39 is 17.5 Å². The van der Waals surface area contributed by atoms with Gasteiger partial charge in [0.1, 0.15) is 11.4 Å². The smallest absolute Gasteiger partial charge is 0.412 e. The third kappa shape index (κ3) is 4.98. The highest BCUT2D eigenvalue weighted by atomic mass is 19.1. The van der Waals surface area contributed by atoms with Crippen LogP contribution in [0.15, 0.2) is 24.4 Å². The molecule has 23 heavy (non-hydrogen) atoms. The molecule has 0 saturated carbocycles. The Morgan fingerprint density at radius 2 is 2.09 bits per heavy atom. The number of aryl methyl sites for hydroxylation is 1. The fourth-order valence-electron chi connectivity index (χ4n) is 1.93. The summed E-state index contributed by atoms with van der Waals surface area (Å²) in [5, 5.41) is 12.5. The molecule has 2 rings (SSSR count). The van der Waals surface area contributed by atoms with E-state index in [1.807, 2.05) is 6.92 Å². The van der Waals surface area contributed by atoms with E-state index in [9.17, 15) is 9.18 Å². The van der Waals surface area contributed by atoms with Gasteiger partial charge in [0.15, 0.2) is 0 Å². The average molecular weight is 320 g/mol. The first-order chi connectivity index (χ1) is 10.7. The molecule has 124 valence electrons. The van der Waals surface area contributed by atoms with Gasteiger partial charge < -0.3 is 10.1 Å². The van der Waals surface area contributed by atoms with Crippen LogP contribution in [0.5, 0.6) is 0 Å². The van der Waals surface area contributed by atoms with E-state index in [2.05, 4.69) is 20.8 Å². The van der Waals surface area contributed by atoms with Gasteiger partial charge in [-0.15, -0.1) is 0 Å². The number of ether oxygens (including phenoxy) is 1. The minimum absolute atomic E-state index is 0.397. The van der Waals surface area contributed by atoms with Crippen molar-refractivity contribution >= 4 is 17.5 Å². The van der Waals surface area contributed by atoms with Crippen LogP contribution in [0.3, 0.4) is 0 Å². The number of aromatic nitrogens is 2. The first kappa shape index (κ1) is 16.8. The van der Waals surface area contributed by atoms with Gasteiger partial charge in [-0.05, 0) is 45.9 Å². The lowest BCUT2D eigenvalue weighted by atomic mass is 10.2. The van der Waals surface area contributed by atoms with Crippen LogP contribution in [0.4, 0.5) is 20.6 Å². The molecule has 0 aliphatic rings. The third-order valence-corrected chi connectivity index (χ3v) is 3.02. The molecule has 0 unspecified atom stereocenters. The second-order valence-corrected chi connectivity index (χ2v) is 6.19. The minimum atomic E-state index is -0.606. The number of benzene rings is 1. The Morgan fingerprint density at radius 1 is 1.35 bits per heavy atom. The maximum atomic E-state index is 13.5. The van der Waals surface area contributed by atoms with E-state index in [1.165, 1.54) is 18.2 Å². The zero-order chi connectivity index (χ0) is 17.0. The molecule has 6 nitrogen and oxygen atoms in total. The second kappa shape index (κ2) is 6.68. The van der Waals surface area contributed by atoms with Gasteiger partial charge in [0.05, 0.1) is 17.6 Å². The van der Waals surface area contributed by atoms with Crippen molar-refractivity contribution in [2.24, 2.45) is 0 Å². The topological polar surface area (TPSA) is 79.0 Å². The number of carbonyl (C=O) groups is 1. The van der Waals surface area contributed by atoms with Gasteiger partial charge in [-0.1, -0.05) is 0 Å². The van der Waals surface area contributed by atoms with E-state index in [0.29, 0.717) is 17.9 Å². The molecule has 0 saturated heterocycles. The normalized spacial score (nSPS) is 11.2. The van der Waals surface area contributed by atoms with Gasteiger partial charge >= 0.3 is 6.09 Å². The van der Waals surface area contributed by atoms with Gasteiger partial charge in [-0.2, -0.15) is 5.10 Å². The van der Waals surface area contributed by atoms with Gasteiger partial charge in [-0.3, -0.25) is 10.4 Å². The molecular weight excluding hydrogens is 299 g/mol. The summed E-state index contributed by atoms with van der Waals surface area (Å²) in [5.74, 6) is -0.397. The summed E-state index contributed by atoms with van der Waals surface area (Å²) >= 11 is 0. The Hall–Kier alpha value is -2.57. The number of hydrogen-bond acceptors (Lipinski definition) is 4. The highest BCUT2D eigenvalue weighted by Gasteiger charge is 2.17. The van der Waals surface area contributed by atoms with Gasteiger partial charge in [0.25, 0.3) is 0 Å². The molecule has 3 N–H and O–H groups in total. The van der Waals surface area contributed by atoms with Crippen molar-refractivity contribution in [1.82, 2.24) is 10.2 Å². The standard InChI is InChI=1S/C16H21FN4O2/c1-10-11(9-19-21-10)8-18-14-7-12(17)5-6-13(14)20-15(22)23-16(2,3)4/h5-7,9,18H,8H2,1-4H3,(H,19,21)(H,20,22). The number of nitrogens with zero attached hydrogens (tertiary/aromatic N) is 1. The molecule has 0 fully saturated rings. The number of aromatic amines is 1. The maximum Gasteiger partial charge on any atom is 0.412 e. The highest BCUT2D eigenvalue weighted by molar-refractivity contribution is 5.89. The lowest BCUT2D eigenvalue weighted by Gasteiger charge is -2.20. The number of hydrogen-bond donors (Lipinski definition) is 3. The molecule has 0 spiro atoms. The van der Waals surface area contributed by atoms with E-state index in [-0.39, 0.29) is 0 Å². The molecule has 0 bridgehead atoms. The first-order valence-electron chi connectivity index (χ1n) is 7.27. The predicted molar refractivity (Wildman–Crippen MR) is 86.9 cm³/mol. The Morgan fingerprint density at radius 3 is 2.70 bits per heavy atom. The maximum absolute atomic E-state index is 13.5. The molecule has 1 amide bonds. The van der Waals surface area contributed by atoms with E-state index in [1.54, 1.807) is 27.0 Å². The number of halogens is 1. The van der Waals surface area contributed by atoms with E-state index >= 15 is 0 Å². The fourth-order valence-corrected chi connectivity index (χ4v) is 1.93. The summed E-state index contributed by atoms with van der Waals surface area (Å²) in [6.45, 7) is 7.68. The molecule has 0 aliphatic carbocycles. The average Bonchev–Trinajstić information content (AvgIpc) is 2.82. The van der Waals surface area contributed by atoms with Crippen LogP contribution in [-0.2, 0) is 11.3 Å². The number of nitrogens with one attached hydrogen (secondary N) is 3. The molecule has 0 radical (unpaired) electrons. The quantitative estimate of drug-likeness (QED) is 0.800. The minimum Gasteiger partial charge on any atom is -0.444 e. The third-order valence-electron chi connectivity index (χ3n) is 3.02. The first-order valence-corrected chi connectivity index (χ1v) is 7.27. The molecule has 1 aromatic carbocycles. The van der Waals surface area contributed by atoms with Crippen LogP contribution in [0.2, 0.25) is 0 Å². The summed E-state index contributed by atoms with van der Waals surface area (Å²) < 4.78 is 18.7. The second-order valence-electron chi connectivity index (χ2n) is 6.19. The van der Waals surface area contributed by atoms with Crippen LogP contribution in [0, 0.1) is 12.7 Å². The van der Waals surface area contributed by atoms with Gasteiger partial charge in [-0.25, -0.2) is 9.18 Å². The van der Waals surface area contributed by atoms with E-state index in [0.717, 1.165) is 11.3 Å². The monoisotopic (exact) mass is 320 g/mol. The predicted octanol–water partition coefficient (Wildman–Crippen LogP) is 3.82. The van der Waals surface area contributed by atoms with Crippen molar-refractivity contribution < 1.29 is 13.9 Å². The number of amides is 1. The van der Waals surface area contributed by atoms with Crippen molar-refractivity contribution in [3.05, 3.63) is 41.5 Å².